The molecule has 0 aromatic carbocycles. The number of aryl methyl sites for hydroxylation is 1. The van der Waals surface area contributed by atoms with E-state index in [2.05, 4.69) is 27.1 Å². The van der Waals surface area contributed by atoms with Crippen molar-refractivity contribution in [2.75, 3.05) is 11.9 Å². The monoisotopic (exact) mass is 386 g/mol. The molecule has 0 spiro atoms. The second-order valence-electron chi connectivity index (χ2n) is 7.51. The molecule has 4 rings (SSSR count). The molecule has 0 radical (unpaired) electrons. The highest BCUT2D eigenvalue weighted by atomic mass is 32.1. The summed E-state index contributed by atoms with van der Waals surface area (Å²) < 4.78 is 6.42. The summed E-state index contributed by atoms with van der Waals surface area (Å²) in [7, 11) is 0. The summed E-state index contributed by atoms with van der Waals surface area (Å²) in [5.41, 5.74) is 2.54. The van der Waals surface area contributed by atoms with Crippen molar-refractivity contribution in [2.24, 2.45) is 0 Å². The number of hydrogen-bond donors (Lipinski definition) is 1. The molecule has 1 aliphatic carbocycles. The number of pyridine rings is 1. The number of nitrogens with zero attached hydrogens (tertiary/aromatic N) is 3. The highest BCUT2D eigenvalue weighted by molar-refractivity contribution is 7.15. The van der Waals surface area contributed by atoms with Crippen molar-refractivity contribution in [3.05, 3.63) is 34.6 Å². The Hall–Kier alpha value is -1.99. The number of fused-ring (bicyclic) bond motifs is 1. The van der Waals surface area contributed by atoms with Crippen molar-refractivity contribution < 1.29 is 9.53 Å². The minimum Gasteiger partial charge on any atom is -0.489 e. The first-order chi connectivity index (χ1) is 13.1. The molecule has 3 heterocycles. The van der Waals surface area contributed by atoms with Gasteiger partial charge in [0.05, 0.1) is 0 Å². The molecule has 2 aliphatic rings. The Morgan fingerprint density at radius 1 is 1.37 bits per heavy atom. The van der Waals surface area contributed by atoms with E-state index in [1.165, 1.54) is 31.0 Å². The van der Waals surface area contributed by atoms with Gasteiger partial charge in [0.25, 0.3) is 0 Å². The number of rotatable bonds is 5. The number of anilines is 1. The van der Waals surface area contributed by atoms with Gasteiger partial charge < -0.3 is 10.1 Å². The van der Waals surface area contributed by atoms with E-state index in [0.717, 1.165) is 43.0 Å². The molecule has 1 fully saturated rings. The Labute approximate surface area is 164 Å². The van der Waals surface area contributed by atoms with Crippen LogP contribution in [-0.2, 0) is 24.2 Å². The van der Waals surface area contributed by atoms with Crippen molar-refractivity contribution >= 4 is 22.4 Å². The number of nitrogens with one attached hydrogen (secondary N) is 1. The number of likely N-dealkylation sites (tertiary alicyclic amines) is 1. The maximum absolute atomic E-state index is 11.2. The lowest BCUT2D eigenvalue weighted by atomic mass is 9.95. The van der Waals surface area contributed by atoms with Crippen LogP contribution in [0.15, 0.2) is 18.5 Å². The number of hydrogen-bond acceptors (Lipinski definition) is 6. The summed E-state index contributed by atoms with van der Waals surface area (Å²) in [5, 5.41) is 3.42. The van der Waals surface area contributed by atoms with Gasteiger partial charge in [-0.1, -0.05) is 0 Å². The Morgan fingerprint density at radius 3 is 3.07 bits per heavy atom. The molecule has 1 saturated heterocycles. The molecule has 1 amide bonds. The lowest BCUT2D eigenvalue weighted by Gasteiger charge is -2.21. The van der Waals surface area contributed by atoms with Crippen LogP contribution in [0.25, 0.3) is 0 Å². The van der Waals surface area contributed by atoms with Crippen LogP contribution in [-0.4, -0.2) is 39.5 Å². The second kappa shape index (κ2) is 7.94. The Kier molecular flexibility index (Phi) is 5.41. The zero-order valence-corrected chi connectivity index (χ0v) is 16.7. The van der Waals surface area contributed by atoms with Crippen LogP contribution in [0.1, 0.15) is 49.2 Å². The summed E-state index contributed by atoms with van der Waals surface area (Å²) in [6.45, 7) is 5.50. The minimum atomic E-state index is -0.0837. The van der Waals surface area contributed by atoms with Crippen molar-refractivity contribution in [3.8, 4) is 5.75 Å². The SMILES string of the molecule is CC(=O)Nc1ncc(CN2C[C@H](Oc3ccnc4c3CCCC4)C[C@@H]2C)s1. The van der Waals surface area contributed by atoms with Crippen LogP contribution in [0.4, 0.5) is 5.13 Å². The number of amides is 1. The molecule has 1 N–H and O–H groups in total. The Bertz CT molecular complexity index is 822. The van der Waals surface area contributed by atoms with Gasteiger partial charge in [-0.3, -0.25) is 14.7 Å². The third-order valence-corrected chi connectivity index (χ3v) is 6.24. The molecule has 27 heavy (non-hydrogen) atoms. The van der Waals surface area contributed by atoms with E-state index in [9.17, 15) is 4.79 Å². The molecule has 2 atom stereocenters. The number of carbonyl (C=O) groups excluding carboxylic acids is 1. The highest BCUT2D eigenvalue weighted by Gasteiger charge is 2.31. The molecular formula is C20H26N4O2S. The van der Waals surface area contributed by atoms with Crippen LogP contribution in [0, 0.1) is 0 Å². The summed E-state index contributed by atoms with van der Waals surface area (Å²) in [5.74, 6) is 0.948. The topological polar surface area (TPSA) is 67.4 Å². The molecule has 0 bridgehead atoms. The fourth-order valence-corrected chi connectivity index (χ4v) is 4.91. The van der Waals surface area contributed by atoms with Crippen molar-refractivity contribution in [1.29, 1.82) is 0 Å². The zero-order valence-electron chi connectivity index (χ0n) is 15.9. The van der Waals surface area contributed by atoms with E-state index >= 15 is 0 Å². The van der Waals surface area contributed by atoms with Crippen molar-refractivity contribution in [2.45, 2.75) is 64.6 Å². The molecule has 1 aliphatic heterocycles. The van der Waals surface area contributed by atoms with Crippen LogP contribution < -0.4 is 10.1 Å². The predicted molar refractivity (Wildman–Crippen MR) is 106 cm³/mol. The first kappa shape index (κ1) is 18.4. The van der Waals surface area contributed by atoms with Gasteiger partial charge in [0.2, 0.25) is 5.91 Å². The van der Waals surface area contributed by atoms with Gasteiger partial charge in [-0.15, -0.1) is 11.3 Å². The van der Waals surface area contributed by atoms with E-state index < -0.39 is 0 Å². The average Bonchev–Trinajstić information content (AvgIpc) is 3.21. The lowest BCUT2D eigenvalue weighted by molar-refractivity contribution is -0.114. The van der Waals surface area contributed by atoms with Gasteiger partial charge in [-0.05, 0) is 38.7 Å². The molecular weight excluding hydrogens is 360 g/mol. The maximum atomic E-state index is 11.2. The molecule has 2 aromatic heterocycles. The van der Waals surface area contributed by atoms with Gasteiger partial charge in [-0.2, -0.15) is 0 Å². The first-order valence-electron chi connectivity index (χ1n) is 9.68. The fraction of sp³-hybridized carbons (Fsp3) is 0.550. The number of aromatic nitrogens is 2. The first-order valence-corrected chi connectivity index (χ1v) is 10.5. The van der Waals surface area contributed by atoms with E-state index in [-0.39, 0.29) is 12.0 Å². The largest absolute Gasteiger partial charge is 0.489 e. The fourth-order valence-electron chi connectivity index (χ4n) is 4.02. The van der Waals surface area contributed by atoms with Gasteiger partial charge in [0, 0.05) is 61.0 Å². The second-order valence-corrected chi connectivity index (χ2v) is 8.62. The third kappa shape index (κ3) is 4.30. The summed E-state index contributed by atoms with van der Waals surface area (Å²) in [6, 6.07) is 2.49. The van der Waals surface area contributed by atoms with Crippen molar-refractivity contribution in [3.63, 3.8) is 0 Å². The van der Waals surface area contributed by atoms with Gasteiger partial charge >= 0.3 is 0 Å². The number of carbonyl (C=O) groups is 1. The Balaban J connectivity index is 1.39. The summed E-state index contributed by atoms with van der Waals surface area (Å²) >= 11 is 1.54. The zero-order chi connectivity index (χ0) is 18.8. The summed E-state index contributed by atoms with van der Waals surface area (Å²) in [4.78, 5) is 23.6. The quantitative estimate of drug-likeness (QED) is 0.853. The van der Waals surface area contributed by atoms with E-state index in [1.54, 1.807) is 11.3 Å². The van der Waals surface area contributed by atoms with Crippen LogP contribution in [0.2, 0.25) is 0 Å². The van der Waals surface area contributed by atoms with E-state index in [0.29, 0.717) is 11.2 Å². The molecule has 6 nitrogen and oxygen atoms in total. The van der Waals surface area contributed by atoms with E-state index in [1.807, 2.05) is 18.5 Å². The normalized spacial score (nSPS) is 22.4. The average molecular weight is 387 g/mol. The predicted octanol–water partition coefficient (Wildman–Crippen LogP) is 3.42. The third-order valence-electron chi connectivity index (χ3n) is 5.35. The Morgan fingerprint density at radius 2 is 2.22 bits per heavy atom. The molecule has 144 valence electrons. The highest BCUT2D eigenvalue weighted by Crippen LogP contribution is 2.31. The number of ether oxygens (including phenoxy) is 1. The van der Waals surface area contributed by atoms with Crippen LogP contribution in [0.3, 0.4) is 0 Å². The number of thiazole rings is 1. The standard InChI is InChI=1S/C20H26N4O2S/c1-13-9-15(26-19-7-8-21-18-6-4-3-5-17(18)19)11-24(13)12-16-10-22-20(27-16)23-14(2)25/h7-8,10,13,15H,3-6,9,11-12H2,1-2H3,(H,22,23,25)/t13-,15+/m0/s1. The molecule has 0 saturated carbocycles. The smallest absolute Gasteiger partial charge is 0.223 e. The molecule has 0 unspecified atom stereocenters. The molecule has 7 heteroatoms. The molecule has 2 aromatic rings. The van der Waals surface area contributed by atoms with E-state index in [4.69, 9.17) is 4.74 Å². The minimum absolute atomic E-state index is 0.0837. The van der Waals surface area contributed by atoms with Crippen LogP contribution >= 0.6 is 11.3 Å². The van der Waals surface area contributed by atoms with Gasteiger partial charge in [0.15, 0.2) is 5.13 Å². The lowest BCUT2D eigenvalue weighted by Crippen LogP contribution is -2.27. The van der Waals surface area contributed by atoms with Crippen molar-refractivity contribution in [1.82, 2.24) is 14.9 Å². The van der Waals surface area contributed by atoms with Gasteiger partial charge in [-0.25, -0.2) is 4.98 Å². The van der Waals surface area contributed by atoms with Gasteiger partial charge in [0.1, 0.15) is 11.9 Å². The maximum Gasteiger partial charge on any atom is 0.223 e. The summed E-state index contributed by atoms with van der Waals surface area (Å²) in [6.07, 6.45) is 9.58. The van der Waals surface area contributed by atoms with Crippen LogP contribution in [0.5, 0.6) is 5.75 Å².